The smallest absolute Gasteiger partial charge is 0.219 e. The summed E-state index contributed by atoms with van der Waals surface area (Å²) in [5.41, 5.74) is 3.41. The van der Waals surface area contributed by atoms with Crippen molar-refractivity contribution in [1.29, 1.82) is 0 Å². The number of fused-ring (bicyclic) bond motifs is 1. The molecular weight excluding hydrogens is 336 g/mol. The van der Waals surface area contributed by atoms with Crippen LogP contribution in [0, 0.1) is 6.92 Å². The fourth-order valence-corrected chi connectivity index (χ4v) is 3.72. The van der Waals surface area contributed by atoms with Gasteiger partial charge in [0.2, 0.25) is 5.91 Å². The van der Waals surface area contributed by atoms with Crippen molar-refractivity contribution in [2.24, 2.45) is 0 Å². The molecule has 4 rings (SSSR count). The third-order valence-corrected chi connectivity index (χ3v) is 5.34. The van der Waals surface area contributed by atoms with Crippen molar-refractivity contribution in [3.05, 3.63) is 60.4 Å². The first-order valence-corrected chi connectivity index (χ1v) is 9.48. The summed E-state index contributed by atoms with van der Waals surface area (Å²) in [6.07, 6.45) is 3.82. The van der Waals surface area contributed by atoms with Crippen LogP contribution < -0.4 is 4.74 Å². The Morgan fingerprint density at radius 3 is 2.44 bits per heavy atom. The van der Waals surface area contributed by atoms with E-state index in [0.29, 0.717) is 0 Å². The Labute approximate surface area is 159 Å². The number of pyridine rings is 1. The Kier molecular flexibility index (Phi) is 4.80. The average Bonchev–Trinajstić information content (AvgIpc) is 2.69. The summed E-state index contributed by atoms with van der Waals surface area (Å²) in [7, 11) is 0. The van der Waals surface area contributed by atoms with E-state index in [0.717, 1.165) is 37.4 Å². The number of benzene rings is 2. The number of amides is 1. The van der Waals surface area contributed by atoms with Crippen molar-refractivity contribution in [1.82, 2.24) is 9.88 Å². The van der Waals surface area contributed by atoms with Crippen LogP contribution >= 0.6 is 0 Å². The van der Waals surface area contributed by atoms with Crippen molar-refractivity contribution < 1.29 is 9.53 Å². The first-order chi connectivity index (χ1) is 13.1. The van der Waals surface area contributed by atoms with Gasteiger partial charge >= 0.3 is 0 Å². The maximum Gasteiger partial charge on any atom is 0.219 e. The van der Waals surface area contributed by atoms with Gasteiger partial charge in [-0.25, -0.2) is 0 Å². The summed E-state index contributed by atoms with van der Waals surface area (Å²) < 4.78 is 6.11. The van der Waals surface area contributed by atoms with E-state index < -0.39 is 0 Å². The zero-order chi connectivity index (χ0) is 18.8. The molecule has 1 saturated heterocycles. The Hall–Kier alpha value is -2.88. The van der Waals surface area contributed by atoms with E-state index in [1.54, 1.807) is 6.92 Å². The molecule has 0 bridgehead atoms. The molecule has 0 saturated carbocycles. The summed E-state index contributed by atoms with van der Waals surface area (Å²) in [6.45, 7) is 5.23. The quantitative estimate of drug-likeness (QED) is 0.685. The van der Waals surface area contributed by atoms with Crippen LogP contribution in [0.3, 0.4) is 0 Å². The number of hydrogen-bond acceptors (Lipinski definition) is 3. The number of aryl methyl sites for hydroxylation is 1. The lowest BCUT2D eigenvalue weighted by atomic mass is 10.0. The lowest BCUT2D eigenvalue weighted by Gasteiger charge is -2.31. The fourth-order valence-electron chi connectivity index (χ4n) is 3.72. The molecule has 27 heavy (non-hydrogen) atoms. The summed E-state index contributed by atoms with van der Waals surface area (Å²) in [4.78, 5) is 17.7. The van der Waals surface area contributed by atoms with E-state index in [1.807, 2.05) is 30.2 Å². The van der Waals surface area contributed by atoms with Gasteiger partial charge in [0.15, 0.2) is 0 Å². The lowest BCUT2D eigenvalue weighted by molar-refractivity contribution is -0.130. The van der Waals surface area contributed by atoms with Gasteiger partial charge in [-0.3, -0.25) is 9.78 Å². The van der Waals surface area contributed by atoms with E-state index in [2.05, 4.69) is 41.4 Å². The third-order valence-electron chi connectivity index (χ3n) is 5.34. The van der Waals surface area contributed by atoms with Crippen LogP contribution in [-0.2, 0) is 4.79 Å². The topological polar surface area (TPSA) is 42.4 Å². The SMILES string of the molecule is CC(=O)N1CCC(Oc2ccc(-c3ccc4c(C)nccc4c3)cc2)CC1. The first kappa shape index (κ1) is 17.5. The summed E-state index contributed by atoms with van der Waals surface area (Å²) in [6, 6.07) is 16.8. The van der Waals surface area contributed by atoms with Crippen molar-refractivity contribution >= 4 is 16.7 Å². The molecule has 3 aromatic rings. The van der Waals surface area contributed by atoms with Gasteiger partial charge in [-0.05, 0) is 47.7 Å². The van der Waals surface area contributed by atoms with Crippen LogP contribution in [-0.4, -0.2) is 35.0 Å². The van der Waals surface area contributed by atoms with Gasteiger partial charge in [0.25, 0.3) is 0 Å². The fraction of sp³-hybridized carbons (Fsp3) is 0.304. The van der Waals surface area contributed by atoms with E-state index >= 15 is 0 Å². The number of rotatable bonds is 3. The lowest BCUT2D eigenvalue weighted by Crippen LogP contribution is -2.40. The molecule has 4 nitrogen and oxygen atoms in total. The molecule has 2 aromatic carbocycles. The minimum atomic E-state index is 0.152. The second-order valence-electron chi connectivity index (χ2n) is 7.18. The predicted molar refractivity (Wildman–Crippen MR) is 108 cm³/mol. The van der Waals surface area contributed by atoms with Gasteiger partial charge in [-0.1, -0.05) is 24.3 Å². The van der Waals surface area contributed by atoms with Crippen molar-refractivity contribution in [3.63, 3.8) is 0 Å². The first-order valence-electron chi connectivity index (χ1n) is 9.48. The summed E-state index contributed by atoms with van der Waals surface area (Å²) in [5.74, 6) is 1.04. The molecule has 1 aliphatic rings. The standard InChI is InChI=1S/C23H24N2O2/c1-16-23-8-5-19(15-20(23)9-12-24-16)18-3-6-21(7-4-18)27-22-10-13-25(14-11-22)17(2)26/h3-9,12,15,22H,10-11,13-14H2,1-2H3. The van der Waals surface area contributed by atoms with Crippen LogP contribution in [0.15, 0.2) is 54.7 Å². The third kappa shape index (κ3) is 3.80. The van der Waals surface area contributed by atoms with E-state index in [-0.39, 0.29) is 12.0 Å². The molecule has 0 N–H and O–H groups in total. The molecule has 2 heterocycles. The number of piperidine rings is 1. The van der Waals surface area contributed by atoms with Crippen LogP contribution in [0.5, 0.6) is 5.75 Å². The number of carbonyl (C=O) groups excluding carboxylic acids is 1. The molecule has 1 aliphatic heterocycles. The van der Waals surface area contributed by atoms with Crippen LogP contribution in [0.4, 0.5) is 0 Å². The van der Waals surface area contributed by atoms with Crippen LogP contribution in [0.2, 0.25) is 0 Å². The highest BCUT2D eigenvalue weighted by Crippen LogP contribution is 2.28. The molecule has 1 fully saturated rings. The van der Waals surface area contributed by atoms with E-state index in [4.69, 9.17) is 4.74 Å². The monoisotopic (exact) mass is 360 g/mol. The Morgan fingerprint density at radius 2 is 1.74 bits per heavy atom. The van der Waals surface area contributed by atoms with Gasteiger partial charge in [0.05, 0.1) is 0 Å². The molecule has 1 amide bonds. The van der Waals surface area contributed by atoms with Crippen molar-refractivity contribution in [2.75, 3.05) is 13.1 Å². The Morgan fingerprint density at radius 1 is 1.04 bits per heavy atom. The van der Waals surface area contributed by atoms with Crippen LogP contribution in [0.1, 0.15) is 25.5 Å². The average molecular weight is 360 g/mol. The predicted octanol–water partition coefficient (Wildman–Crippen LogP) is 4.60. The summed E-state index contributed by atoms with van der Waals surface area (Å²) >= 11 is 0. The number of nitrogens with zero attached hydrogens (tertiary/aromatic N) is 2. The van der Waals surface area contributed by atoms with Crippen molar-refractivity contribution in [3.8, 4) is 16.9 Å². The molecule has 0 unspecified atom stereocenters. The minimum Gasteiger partial charge on any atom is -0.490 e. The number of likely N-dealkylation sites (tertiary alicyclic amines) is 1. The highest BCUT2D eigenvalue weighted by atomic mass is 16.5. The van der Waals surface area contributed by atoms with Gasteiger partial charge in [-0.2, -0.15) is 0 Å². The summed E-state index contributed by atoms with van der Waals surface area (Å²) in [5, 5.41) is 2.40. The Balaban J connectivity index is 1.46. The van der Waals surface area contributed by atoms with Gasteiger partial charge in [0, 0.05) is 50.1 Å². The van der Waals surface area contributed by atoms with Gasteiger partial charge < -0.3 is 9.64 Å². The van der Waals surface area contributed by atoms with Crippen molar-refractivity contribution in [2.45, 2.75) is 32.8 Å². The second-order valence-corrected chi connectivity index (χ2v) is 7.18. The number of carbonyl (C=O) groups is 1. The van der Waals surface area contributed by atoms with Crippen LogP contribution in [0.25, 0.3) is 21.9 Å². The van der Waals surface area contributed by atoms with Gasteiger partial charge in [0.1, 0.15) is 11.9 Å². The molecule has 0 aliphatic carbocycles. The zero-order valence-corrected chi connectivity index (χ0v) is 15.8. The van der Waals surface area contributed by atoms with Gasteiger partial charge in [-0.15, -0.1) is 0 Å². The maximum atomic E-state index is 11.4. The minimum absolute atomic E-state index is 0.152. The number of aromatic nitrogens is 1. The molecule has 4 heteroatoms. The Bertz CT molecular complexity index is 958. The molecule has 0 radical (unpaired) electrons. The largest absolute Gasteiger partial charge is 0.490 e. The zero-order valence-electron chi connectivity index (χ0n) is 15.8. The number of hydrogen-bond donors (Lipinski definition) is 0. The molecule has 1 aromatic heterocycles. The van der Waals surface area contributed by atoms with E-state index in [1.165, 1.54) is 21.9 Å². The number of ether oxygens (including phenoxy) is 1. The van der Waals surface area contributed by atoms with E-state index in [9.17, 15) is 4.79 Å². The molecule has 138 valence electrons. The molecule has 0 spiro atoms. The highest BCUT2D eigenvalue weighted by Gasteiger charge is 2.21. The highest BCUT2D eigenvalue weighted by molar-refractivity contribution is 5.88. The maximum absolute atomic E-state index is 11.4. The normalized spacial score (nSPS) is 15.1. The molecule has 0 atom stereocenters. The molecular formula is C23H24N2O2. The second kappa shape index (κ2) is 7.39.